The lowest BCUT2D eigenvalue weighted by Gasteiger charge is -2.37. The highest BCUT2D eigenvalue weighted by molar-refractivity contribution is 6.31. The van der Waals surface area contributed by atoms with Gasteiger partial charge in [0.2, 0.25) is 0 Å². The number of carbonyl (C=O) groups is 1. The highest BCUT2D eigenvalue weighted by Crippen LogP contribution is 2.38. The van der Waals surface area contributed by atoms with E-state index in [9.17, 15) is 4.79 Å². The number of ether oxygens (including phenoxy) is 2. The number of hydrogen-bond donors (Lipinski definition) is 2. The smallest absolute Gasteiger partial charge is 0.409 e. The fourth-order valence-electron chi connectivity index (χ4n) is 4.08. The van der Waals surface area contributed by atoms with Gasteiger partial charge in [-0.25, -0.2) is 4.79 Å². The second-order valence-electron chi connectivity index (χ2n) is 7.68. The molecule has 1 aromatic rings. The molecule has 0 spiro atoms. The fourth-order valence-corrected chi connectivity index (χ4v) is 4.41. The monoisotopic (exact) mass is 422 g/mol. The number of aliphatic imine (C=N–C) groups is 1. The van der Waals surface area contributed by atoms with Gasteiger partial charge in [-0.3, -0.25) is 4.99 Å². The average molecular weight is 423 g/mol. The molecule has 0 aromatic heterocycles. The number of amides is 1. The molecule has 0 bridgehead atoms. The van der Waals surface area contributed by atoms with Crippen LogP contribution in [0.2, 0.25) is 5.02 Å². The summed E-state index contributed by atoms with van der Waals surface area (Å²) < 4.78 is 10.6. The number of guanidine groups is 1. The van der Waals surface area contributed by atoms with Crippen LogP contribution < -0.4 is 11.1 Å². The lowest BCUT2D eigenvalue weighted by Crippen LogP contribution is -2.49. The zero-order chi connectivity index (χ0) is 20.7. The van der Waals surface area contributed by atoms with Crippen LogP contribution in [-0.4, -0.2) is 62.4 Å². The van der Waals surface area contributed by atoms with Crippen LogP contribution in [0.4, 0.5) is 4.79 Å². The Balaban J connectivity index is 1.59. The molecule has 0 aliphatic carbocycles. The van der Waals surface area contributed by atoms with E-state index in [1.54, 1.807) is 4.90 Å². The van der Waals surface area contributed by atoms with Gasteiger partial charge < -0.3 is 25.4 Å². The van der Waals surface area contributed by atoms with Gasteiger partial charge in [0, 0.05) is 42.8 Å². The molecule has 1 amide bonds. The fraction of sp³-hybridized carbons (Fsp3) is 0.619. The van der Waals surface area contributed by atoms with Crippen LogP contribution in [0.3, 0.4) is 0 Å². The van der Waals surface area contributed by atoms with Gasteiger partial charge in [0.05, 0.1) is 13.2 Å². The van der Waals surface area contributed by atoms with Gasteiger partial charge in [-0.1, -0.05) is 29.8 Å². The van der Waals surface area contributed by atoms with Crippen LogP contribution in [0.5, 0.6) is 0 Å². The predicted molar refractivity (Wildman–Crippen MR) is 114 cm³/mol. The first kappa shape index (κ1) is 21.7. The maximum Gasteiger partial charge on any atom is 0.409 e. The van der Waals surface area contributed by atoms with E-state index in [4.69, 9.17) is 26.8 Å². The molecule has 2 saturated heterocycles. The van der Waals surface area contributed by atoms with Crippen LogP contribution in [0.25, 0.3) is 0 Å². The second-order valence-corrected chi connectivity index (χ2v) is 8.09. The maximum atomic E-state index is 11.8. The summed E-state index contributed by atoms with van der Waals surface area (Å²) >= 11 is 6.50. The van der Waals surface area contributed by atoms with E-state index >= 15 is 0 Å². The number of nitrogens with one attached hydrogen (secondary N) is 1. The Kier molecular flexibility index (Phi) is 7.61. The Hall–Kier alpha value is -1.99. The van der Waals surface area contributed by atoms with E-state index in [1.165, 1.54) is 0 Å². The van der Waals surface area contributed by atoms with Crippen molar-refractivity contribution in [2.75, 3.05) is 39.5 Å². The number of carbonyl (C=O) groups excluding carboxylic acids is 1. The van der Waals surface area contributed by atoms with Gasteiger partial charge in [0.25, 0.3) is 0 Å². The number of likely N-dealkylation sites (tertiary alicyclic amines) is 1. The normalized spacial score (nSPS) is 20.3. The minimum absolute atomic E-state index is 0.157. The van der Waals surface area contributed by atoms with E-state index in [2.05, 4.69) is 16.4 Å². The second kappa shape index (κ2) is 10.2. The van der Waals surface area contributed by atoms with Crippen molar-refractivity contribution >= 4 is 23.7 Å². The first-order chi connectivity index (χ1) is 14.0. The summed E-state index contributed by atoms with van der Waals surface area (Å²) in [5, 5.41) is 4.08. The maximum absolute atomic E-state index is 11.8. The zero-order valence-electron chi connectivity index (χ0n) is 17.0. The van der Waals surface area contributed by atoms with Crippen LogP contribution in [0.15, 0.2) is 29.3 Å². The summed E-state index contributed by atoms with van der Waals surface area (Å²) in [6.45, 7) is 5.49. The third-order valence-electron chi connectivity index (χ3n) is 5.82. The molecule has 2 fully saturated rings. The number of nitrogens with zero attached hydrogens (tertiary/aromatic N) is 2. The van der Waals surface area contributed by atoms with Crippen LogP contribution >= 0.6 is 11.6 Å². The van der Waals surface area contributed by atoms with E-state index in [0.717, 1.165) is 36.3 Å². The number of piperidine rings is 1. The Morgan fingerprint density at radius 1 is 1.34 bits per heavy atom. The summed E-state index contributed by atoms with van der Waals surface area (Å²) in [6, 6.07) is 8.17. The number of rotatable bonds is 5. The number of hydrogen-bond acceptors (Lipinski definition) is 4. The Bertz CT molecular complexity index is 714. The molecular formula is C21H31ClN4O3. The van der Waals surface area contributed by atoms with Gasteiger partial charge in [0.15, 0.2) is 5.96 Å². The Morgan fingerprint density at radius 2 is 2.03 bits per heavy atom. The summed E-state index contributed by atoms with van der Waals surface area (Å²) in [5.74, 6) is 0.442. The van der Waals surface area contributed by atoms with Crippen molar-refractivity contribution in [1.29, 1.82) is 0 Å². The summed E-state index contributed by atoms with van der Waals surface area (Å²) in [5.41, 5.74) is 7.17. The number of benzene rings is 1. The lowest BCUT2D eigenvalue weighted by molar-refractivity contribution is 0.0531. The van der Waals surface area contributed by atoms with Gasteiger partial charge in [-0.2, -0.15) is 0 Å². The average Bonchev–Trinajstić information content (AvgIpc) is 2.74. The molecule has 2 heterocycles. The van der Waals surface area contributed by atoms with Crippen molar-refractivity contribution in [3.63, 3.8) is 0 Å². The molecule has 29 heavy (non-hydrogen) atoms. The molecule has 0 atom stereocenters. The lowest BCUT2D eigenvalue weighted by atomic mass is 9.74. The third-order valence-corrected chi connectivity index (χ3v) is 6.15. The van der Waals surface area contributed by atoms with E-state index in [-0.39, 0.29) is 17.6 Å². The van der Waals surface area contributed by atoms with E-state index in [1.807, 2.05) is 25.1 Å². The molecule has 0 radical (unpaired) electrons. The molecular weight excluding hydrogens is 392 g/mol. The zero-order valence-corrected chi connectivity index (χ0v) is 17.8. The van der Waals surface area contributed by atoms with Gasteiger partial charge in [-0.05, 0) is 44.2 Å². The van der Waals surface area contributed by atoms with Gasteiger partial charge >= 0.3 is 6.09 Å². The molecule has 0 unspecified atom stereocenters. The van der Waals surface area contributed by atoms with Gasteiger partial charge in [0.1, 0.15) is 0 Å². The van der Waals surface area contributed by atoms with Crippen LogP contribution in [0.1, 0.15) is 38.2 Å². The number of nitrogens with two attached hydrogens (primary N) is 1. The Morgan fingerprint density at radius 3 is 2.69 bits per heavy atom. The summed E-state index contributed by atoms with van der Waals surface area (Å²) in [4.78, 5) is 18.2. The van der Waals surface area contributed by atoms with Crippen molar-refractivity contribution in [1.82, 2.24) is 10.2 Å². The molecule has 2 aliphatic rings. The summed E-state index contributed by atoms with van der Waals surface area (Å²) in [7, 11) is 0. The standard InChI is InChI=1S/C21H31ClN4O3/c1-2-29-20(27)26-11-7-16(8-12-26)25-19(23)24-15-21(9-13-28-14-10-21)17-5-3-4-6-18(17)22/h3-6,16H,2,7-15H2,1H3,(H3,23,24,25). The van der Waals surface area contributed by atoms with Gasteiger partial charge in [-0.15, -0.1) is 0 Å². The van der Waals surface area contributed by atoms with E-state index in [0.29, 0.717) is 45.4 Å². The van der Waals surface area contributed by atoms with Crippen LogP contribution in [0, 0.1) is 0 Å². The highest BCUT2D eigenvalue weighted by Gasteiger charge is 2.36. The SMILES string of the molecule is CCOC(=O)N1CCC(NC(N)=NCC2(c3ccccc3Cl)CCOCC2)CC1. The van der Waals surface area contributed by atoms with Crippen molar-refractivity contribution in [2.24, 2.45) is 10.7 Å². The molecule has 8 heteroatoms. The number of halogens is 1. The molecule has 3 N–H and O–H groups in total. The Labute approximate surface area is 177 Å². The molecule has 2 aliphatic heterocycles. The molecule has 7 nitrogen and oxygen atoms in total. The minimum atomic E-state index is -0.242. The highest BCUT2D eigenvalue weighted by atomic mass is 35.5. The molecule has 160 valence electrons. The van der Waals surface area contributed by atoms with Crippen molar-refractivity contribution in [2.45, 2.75) is 44.1 Å². The minimum Gasteiger partial charge on any atom is -0.450 e. The molecule has 3 rings (SSSR count). The van der Waals surface area contributed by atoms with Crippen molar-refractivity contribution in [3.8, 4) is 0 Å². The molecule has 0 saturated carbocycles. The third kappa shape index (κ3) is 5.54. The van der Waals surface area contributed by atoms with Crippen LogP contribution in [-0.2, 0) is 14.9 Å². The summed E-state index contributed by atoms with van der Waals surface area (Å²) in [6.07, 6.45) is 3.13. The van der Waals surface area contributed by atoms with E-state index < -0.39 is 0 Å². The topological polar surface area (TPSA) is 89.2 Å². The first-order valence-corrected chi connectivity index (χ1v) is 10.7. The predicted octanol–water partition coefficient (Wildman–Crippen LogP) is 2.91. The quantitative estimate of drug-likeness (QED) is 0.562. The van der Waals surface area contributed by atoms with Crippen molar-refractivity contribution in [3.05, 3.63) is 34.9 Å². The largest absolute Gasteiger partial charge is 0.450 e. The first-order valence-electron chi connectivity index (χ1n) is 10.3. The molecule has 1 aromatic carbocycles. The van der Waals surface area contributed by atoms with Crippen molar-refractivity contribution < 1.29 is 14.3 Å².